The van der Waals surface area contributed by atoms with Gasteiger partial charge in [0.05, 0.1) is 25.9 Å². The molecule has 2 rings (SSSR count). The van der Waals surface area contributed by atoms with Crippen LogP contribution >= 0.6 is 0 Å². The molecule has 1 saturated heterocycles. The quantitative estimate of drug-likeness (QED) is 0.789. The topological polar surface area (TPSA) is 104 Å². The number of sulfonamides is 1. The number of pyridine rings is 1. The summed E-state index contributed by atoms with van der Waals surface area (Å²) < 4.78 is 31.1. The molecule has 1 fully saturated rings. The first-order valence-corrected chi connectivity index (χ1v) is 7.10. The van der Waals surface area contributed by atoms with Crippen molar-refractivity contribution in [2.75, 3.05) is 26.4 Å². The van der Waals surface area contributed by atoms with Crippen molar-refractivity contribution in [3.05, 3.63) is 24.0 Å². The smallest absolute Gasteiger partial charge is 0.245 e. The van der Waals surface area contributed by atoms with Crippen LogP contribution in [-0.4, -0.2) is 55.2 Å². The highest BCUT2D eigenvalue weighted by atomic mass is 32.2. The minimum atomic E-state index is -3.73. The van der Waals surface area contributed by atoms with Gasteiger partial charge < -0.3 is 9.84 Å². The van der Waals surface area contributed by atoms with Crippen LogP contribution < -0.4 is 0 Å². The average molecular weight is 283 g/mol. The number of ether oxygens (including phenoxy) is 1. The van der Waals surface area contributed by atoms with Crippen LogP contribution in [0.2, 0.25) is 0 Å². The van der Waals surface area contributed by atoms with E-state index in [0.29, 0.717) is 6.61 Å². The molecule has 7 nitrogen and oxygen atoms in total. The molecule has 2 heterocycles. The molecular weight excluding hydrogens is 270 g/mol. The highest BCUT2D eigenvalue weighted by Gasteiger charge is 2.33. The van der Waals surface area contributed by atoms with Crippen LogP contribution in [-0.2, 0) is 14.8 Å². The molecule has 1 aliphatic heterocycles. The van der Waals surface area contributed by atoms with Crippen LogP contribution in [0.15, 0.2) is 23.2 Å². The number of aliphatic hydroxyl groups is 1. The van der Waals surface area contributed by atoms with E-state index in [1.54, 1.807) is 0 Å². The van der Waals surface area contributed by atoms with E-state index in [1.807, 2.05) is 6.07 Å². The largest absolute Gasteiger partial charge is 0.395 e. The summed E-state index contributed by atoms with van der Waals surface area (Å²) >= 11 is 0. The van der Waals surface area contributed by atoms with E-state index in [-0.39, 0.29) is 30.3 Å². The number of aliphatic hydroxyl groups excluding tert-OH is 1. The van der Waals surface area contributed by atoms with Crippen molar-refractivity contribution in [3.8, 4) is 6.07 Å². The predicted octanol–water partition coefficient (Wildman–Crippen LogP) is -0.665. The zero-order valence-corrected chi connectivity index (χ0v) is 10.9. The second-order valence-electron chi connectivity index (χ2n) is 4.02. The summed E-state index contributed by atoms with van der Waals surface area (Å²) in [5, 5.41) is 17.8. The second-order valence-corrected chi connectivity index (χ2v) is 5.91. The lowest BCUT2D eigenvalue weighted by Crippen LogP contribution is -2.50. The van der Waals surface area contributed by atoms with Gasteiger partial charge in [-0.2, -0.15) is 9.57 Å². The summed E-state index contributed by atoms with van der Waals surface area (Å²) in [7, 11) is -3.73. The van der Waals surface area contributed by atoms with E-state index in [2.05, 4.69) is 4.98 Å². The summed E-state index contributed by atoms with van der Waals surface area (Å²) in [6, 6.07) is 3.92. The van der Waals surface area contributed by atoms with Crippen molar-refractivity contribution < 1.29 is 18.3 Å². The molecule has 8 heteroatoms. The molecule has 19 heavy (non-hydrogen) atoms. The van der Waals surface area contributed by atoms with E-state index >= 15 is 0 Å². The van der Waals surface area contributed by atoms with E-state index in [1.165, 1.54) is 16.4 Å². The first-order valence-electron chi connectivity index (χ1n) is 5.66. The van der Waals surface area contributed by atoms with Gasteiger partial charge in [-0.3, -0.25) is 0 Å². The lowest BCUT2D eigenvalue weighted by molar-refractivity contribution is 0.0109. The fourth-order valence-corrected chi connectivity index (χ4v) is 3.37. The van der Waals surface area contributed by atoms with Gasteiger partial charge in [-0.1, -0.05) is 0 Å². The maximum atomic E-state index is 12.4. The van der Waals surface area contributed by atoms with Gasteiger partial charge in [0.2, 0.25) is 10.0 Å². The first-order chi connectivity index (χ1) is 9.09. The minimum absolute atomic E-state index is 0.00634. The van der Waals surface area contributed by atoms with Crippen LogP contribution in [0.5, 0.6) is 0 Å². The second kappa shape index (κ2) is 5.63. The number of nitrogens with zero attached hydrogens (tertiary/aromatic N) is 3. The van der Waals surface area contributed by atoms with Gasteiger partial charge >= 0.3 is 0 Å². The molecule has 0 saturated carbocycles. The Morgan fingerprint density at radius 2 is 2.37 bits per heavy atom. The average Bonchev–Trinajstić information content (AvgIpc) is 2.47. The highest BCUT2D eigenvalue weighted by Crippen LogP contribution is 2.19. The predicted molar refractivity (Wildman–Crippen MR) is 64.5 cm³/mol. The van der Waals surface area contributed by atoms with Crippen LogP contribution in [0.1, 0.15) is 5.69 Å². The number of rotatable bonds is 3. The monoisotopic (exact) mass is 283 g/mol. The number of hydrogen-bond donors (Lipinski definition) is 1. The van der Waals surface area contributed by atoms with Crippen LogP contribution in [0.3, 0.4) is 0 Å². The molecule has 1 atom stereocenters. The molecule has 1 unspecified atom stereocenters. The van der Waals surface area contributed by atoms with Crippen molar-refractivity contribution in [2.45, 2.75) is 10.9 Å². The molecule has 0 radical (unpaired) electrons. The van der Waals surface area contributed by atoms with E-state index in [4.69, 9.17) is 10.00 Å². The Balaban J connectivity index is 2.32. The molecule has 1 aromatic rings. The molecule has 0 spiro atoms. The third-order valence-corrected chi connectivity index (χ3v) is 4.78. The van der Waals surface area contributed by atoms with Crippen molar-refractivity contribution in [1.82, 2.24) is 9.29 Å². The molecule has 0 amide bonds. The Hall–Kier alpha value is -1.53. The van der Waals surface area contributed by atoms with E-state index in [0.717, 1.165) is 6.20 Å². The molecule has 0 bridgehead atoms. The molecule has 0 aliphatic carbocycles. The maximum Gasteiger partial charge on any atom is 0.245 e. The normalized spacial score (nSPS) is 20.9. The van der Waals surface area contributed by atoms with Crippen molar-refractivity contribution >= 4 is 10.0 Å². The van der Waals surface area contributed by atoms with Gasteiger partial charge in [-0.05, 0) is 12.1 Å². The third-order valence-electron chi connectivity index (χ3n) is 2.84. The minimum Gasteiger partial charge on any atom is -0.395 e. The van der Waals surface area contributed by atoms with Crippen molar-refractivity contribution in [2.24, 2.45) is 0 Å². The highest BCUT2D eigenvalue weighted by molar-refractivity contribution is 7.89. The number of nitriles is 1. The van der Waals surface area contributed by atoms with Gasteiger partial charge in [0.15, 0.2) is 0 Å². The Bertz CT molecular complexity index is 579. The molecule has 1 N–H and O–H groups in total. The Morgan fingerprint density at radius 1 is 1.58 bits per heavy atom. The number of aromatic nitrogens is 1. The molecule has 0 aromatic carbocycles. The fourth-order valence-electron chi connectivity index (χ4n) is 1.83. The summed E-state index contributed by atoms with van der Waals surface area (Å²) in [6.45, 7) is 0.343. The van der Waals surface area contributed by atoms with Gasteiger partial charge in [0, 0.05) is 12.7 Å². The molecule has 1 aliphatic rings. The molecular formula is C11H13N3O4S. The van der Waals surface area contributed by atoms with Crippen LogP contribution in [0.25, 0.3) is 0 Å². The van der Waals surface area contributed by atoms with Crippen molar-refractivity contribution in [3.63, 3.8) is 0 Å². The van der Waals surface area contributed by atoms with E-state index < -0.39 is 16.1 Å². The van der Waals surface area contributed by atoms with Gasteiger partial charge in [-0.25, -0.2) is 13.4 Å². The van der Waals surface area contributed by atoms with Crippen LogP contribution in [0.4, 0.5) is 0 Å². The van der Waals surface area contributed by atoms with Gasteiger partial charge in [-0.15, -0.1) is 0 Å². The molecule has 102 valence electrons. The zero-order valence-electron chi connectivity index (χ0n) is 10.1. The third kappa shape index (κ3) is 2.74. The van der Waals surface area contributed by atoms with Crippen LogP contribution in [0, 0.1) is 11.3 Å². The summed E-state index contributed by atoms with van der Waals surface area (Å²) in [5.41, 5.74) is 0.152. The standard InChI is InChI=1S/C11H13N3O4S/c12-5-9-1-2-11(6-13-9)19(16,17)14-3-4-18-8-10(14)7-15/h1-2,6,10,15H,3-4,7-8H2. The van der Waals surface area contributed by atoms with Crippen molar-refractivity contribution in [1.29, 1.82) is 5.26 Å². The summed E-state index contributed by atoms with van der Waals surface area (Å²) in [5.74, 6) is 0. The summed E-state index contributed by atoms with van der Waals surface area (Å²) in [6.07, 6.45) is 1.15. The molecule has 1 aromatic heterocycles. The number of hydrogen-bond acceptors (Lipinski definition) is 6. The summed E-state index contributed by atoms with van der Waals surface area (Å²) in [4.78, 5) is 3.75. The SMILES string of the molecule is N#Cc1ccc(S(=O)(=O)N2CCOCC2CO)cn1. The maximum absolute atomic E-state index is 12.4. The zero-order chi connectivity index (χ0) is 13.9. The lowest BCUT2D eigenvalue weighted by atomic mass is 10.3. The Labute approximate surface area is 111 Å². The lowest BCUT2D eigenvalue weighted by Gasteiger charge is -2.33. The Morgan fingerprint density at radius 3 is 2.95 bits per heavy atom. The fraction of sp³-hybridized carbons (Fsp3) is 0.455. The Kier molecular flexibility index (Phi) is 4.11. The first kappa shape index (κ1) is 13.9. The van der Waals surface area contributed by atoms with E-state index in [9.17, 15) is 13.5 Å². The number of morpholine rings is 1. The van der Waals surface area contributed by atoms with Gasteiger partial charge in [0.1, 0.15) is 16.7 Å². The van der Waals surface area contributed by atoms with Gasteiger partial charge in [0.25, 0.3) is 0 Å².